The topological polar surface area (TPSA) is 51.2 Å². The summed E-state index contributed by atoms with van der Waals surface area (Å²) in [6.07, 6.45) is 1.70. The van der Waals surface area contributed by atoms with Crippen molar-refractivity contribution >= 4 is 15.6 Å². The van der Waals surface area contributed by atoms with Crippen molar-refractivity contribution in [3.8, 4) is 0 Å². The Hall–Kier alpha value is -1.16. The third-order valence-corrected chi connectivity index (χ3v) is 4.12. The maximum Gasteiger partial charge on any atom is 0.185 e. The van der Waals surface area contributed by atoms with Crippen LogP contribution in [0.3, 0.4) is 0 Å². The van der Waals surface area contributed by atoms with Gasteiger partial charge >= 0.3 is 0 Å². The molecule has 1 saturated carbocycles. The van der Waals surface area contributed by atoms with Crippen molar-refractivity contribution in [2.45, 2.75) is 17.7 Å². The van der Waals surface area contributed by atoms with Crippen LogP contribution in [-0.2, 0) is 14.6 Å². The molecule has 0 aromatic heterocycles. The van der Waals surface area contributed by atoms with E-state index in [0.29, 0.717) is 0 Å². The number of carbonyl (C=O) groups excluding carboxylic acids is 1. The third kappa shape index (κ3) is 2.45. The molecule has 4 heteroatoms. The minimum Gasteiger partial charge on any atom is -0.298 e. The second kappa shape index (κ2) is 3.77. The van der Waals surface area contributed by atoms with Gasteiger partial charge < -0.3 is 0 Å². The highest BCUT2D eigenvalue weighted by Crippen LogP contribution is 2.30. The largest absolute Gasteiger partial charge is 0.298 e. The first-order chi connectivity index (χ1) is 7.09. The average Bonchev–Trinajstić information content (AvgIpc) is 3.01. The van der Waals surface area contributed by atoms with Gasteiger partial charge in [0, 0.05) is 5.92 Å². The molecule has 15 heavy (non-hydrogen) atoms. The Kier molecular flexibility index (Phi) is 2.61. The van der Waals surface area contributed by atoms with Crippen LogP contribution in [0.4, 0.5) is 0 Å². The van der Waals surface area contributed by atoms with E-state index in [0.717, 1.165) is 12.8 Å². The maximum atomic E-state index is 11.8. The van der Waals surface area contributed by atoms with E-state index in [1.807, 2.05) is 0 Å². The van der Waals surface area contributed by atoms with Crippen LogP contribution < -0.4 is 0 Å². The van der Waals surface area contributed by atoms with Crippen LogP contribution in [0.2, 0.25) is 0 Å². The predicted molar refractivity (Wildman–Crippen MR) is 56.2 cm³/mol. The number of sulfone groups is 1. The van der Waals surface area contributed by atoms with Crippen LogP contribution >= 0.6 is 0 Å². The lowest BCUT2D eigenvalue weighted by molar-refractivity contribution is -0.117. The highest BCUT2D eigenvalue weighted by Gasteiger charge is 2.32. The zero-order chi connectivity index (χ0) is 10.9. The van der Waals surface area contributed by atoms with Crippen LogP contribution in [0.1, 0.15) is 12.8 Å². The molecule has 0 heterocycles. The van der Waals surface area contributed by atoms with Crippen LogP contribution in [0, 0.1) is 5.92 Å². The molecule has 0 atom stereocenters. The third-order valence-electron chi connectivity index (χ3n) is 2.47. The Morgan fingerprint density at radius 3 is 2.33 bits per heavy atom. The molecule has 0 bridgehead atoms. The monoisotopic (exact) mass is 224 g/mol. The summed E-state index contributed by atoms with van der Waals surface area (Å²) in [7, 11) is -3.41. The van der Waals surface area contributed by atoms with Crippen molar-refractivity contribution in [2.75, 3.05) is 5.75 Å². The molecule has 0 amide bonds. The standard InChI is InChI=1S/C11H12O3S/c12-11(9-6-7-9)8-15(13,14)10-4-2-1-3-5-10/h1-5,9H,6-8H2. The molecule has 1 aromatic rings. The molecule has 2 rings (SSSR count). The first kappa shape index (κ1) is 10.4. The minimum atomic E-state index is -3.41. The highest BCUT2D eigenvalue weighted by atomic mass is 32.2. The molecule has 1 aliphatic carbocycles. The lowest BCUT2D eigenvalue weighted by Crippen LogP contribution is -2.17. The number of ketones is 1. The highest BCUT2D eigenvalue weighted by molar-refractivity contribution is 7.92. The minimum absolute atomic E-state index is 0.00323. The van der Waals surface area contributed by atoms with E-state index < -0.39 is 9.84 Å². The molecular weight excluding hydrogens is 212 g/mol. The summed E-state index contributed by atoms with van der Waals surface area (Å²) in [6.45, 7) is 0. The van der Waals surface area contributed by atoms with Gasteiger partial charge in [0.1, 0.15) is 5.75 Å². The summed E-state index contributed by atoms with van der Waals surface area (Å²) < 4.78 is 23.5. The number of carbonyl (C=O) groups is 1. The summed E-state index contributed by atoms with van der Waals surface area (Å²) >= 11 is 0. The lowest BCUT2D eigenvalue weighted by Gasteiger charge is -2.02. The quantitative estimate of drug-likeness (QED) is 0.777. The van der Waals surface area contributed by atoms with Gasteiger partial charge in [0.25, 0.3) is 0 Å². The summed E-state index contributed by atoms with van der Waals surface area (Å²) in [5, 5.41) is 0. The van der Waals surface area contributed by atoms with E-state index in [2.05, 4.69) is 0 Å². The van der Waals surface area contributed by atoms with Gasteiger partial charge in [-0.05, 0) is 25.0 Å². The molecule has 0 unspecified atom stereocenters. The van der Waals surface area contributed by atoms with E-state index in [4.69, 9.17) is 0 Å². The molecule has 80 valence electrons. The summed E-state index contributed by atoms with van der Waals surface area (Å²) in [5.41, 5.74) is 0. The maximum absolute atomic E-state index is 11.8. The fraction of sp³-hybridized carbons (Fsp3) is 0.364. The van der Waals surface area contributed by atoms with Gasteiger partial charge in [-0.2, -0.15) is 0 Å². The van der Waals surface area contributed by atoms with E-state index in [1.54, 1.807) is 18.2 Å². The average molecular weight is 224 g/mol. The van der Waals surface area contributed by atoms with Gasteiger partial charge in [-0.25, -0.2) is 8.42 Å². The smallest absolute Gasteiger partial charge is 0.185 e. The molecular formula is C11H12O3S. The zero-order valence-electron chi connectivity index (χ0n) is 8.22. The lowest BCUT2D eigenvalue weighted by atomic mass is 10.3. The van der Waals surface area contributed by atoms with Crippen LogP contribution in [0.5, 0.6) is 0 Å². The van der Waals surface area contributed by atoms with E-state index >= 15 is 0 Å². The van der Waals surface area contributed by atoms with Gasteiger partial charge in [0.2, 0.25) is 0 Å². The molecule has 1 aliphatic rings. The molecule has 0 saturated heterocycles. The Balaban J connectivity index is 2.16. The Labute approximate surface area is 89.0 Å². The van der Waals surface area contributed by atoms with Crippen molar-refractivity contribution in [3.05, 3.63) is 30.3 Å². The van der Waals surface area contributed by atoms with Crippen molar-refractivity contribution in [3.63, 3.8) is 0 Å². The van der Waals surface area contributed by atoms with Crippen molar-refractivity contribution in [1.29, 1.82) is 0 Å². The molecule has 3 nitrogen and oxygen atoms in total. The van der Waals surface area contributed by atoms with Crippen molar-refractivity contribution in [2.24, 2.45) is 5.92 Å². The number of benzene rings is 1. The molecule has 0 N–H and O–H groups in total. The van der Waals surface area contributed by atoms with Crippen molar-refractivity contribution in [1.82, 2.24) is 0 Å². The molecule has 0 spiro atoms. The molecule has 0 aliphatic heterocycles. The molecule has 1 aromatic carbocycles. The predicted octanol–water partition coefficient (Wildman–Crippen LogP) is 1.44. The summed E-state index contributed by atoms with van der Waals surface area (Å²) in [5.74, 6) is -0.482. The van der Waals surface area contributed by atoms with Gasteiger partial charge in [-0.1, -0.05) is 18.2 Å². The van der Waals surface area contributed by atoms with Crippen LogP contribution in [0.25, 0.3) is 0 Å². The second-order valence-corrected chi connectivity index (χ2v) is 5.80. The molecule has 0 radical (unpaired) electrons. The normalized spacial score (nSPS) is 16.3. The van der Waals surface area contributed by atoms with Gasteiger partial charge in [0.15, 0.2) is 15.6 Å². The number of rotatable bonds is 4. The van der Waals surface area contributed by atoms with Crippen molar-refractivity contribution < 1.29 is 13.2 Å². The first-order valence-corrected chi connectivity index (χ1v) is 6.55. The summed E-state index contributed by atoms with van der Waals surface area (Å²) in [6, 6.07) is 8.12. The Morgan fingerprint density at radius 1 is 1.20 bits per heavy atom. The number of hydrogen-bond donors (Lipinski definition) is 0. The second-order valence-electron chi connectivity index (χ2n) is 3.81. The van der Waals surface area contributed by atoms with Gasteiger partial charge in [0.05, 0.1) is 4.90 Å². The fourth-order valence-corrected chi connectivity index (χ4v) is 2.77. The van der Waals surface area contributed by atoms with E-state index in [-0.39, 0.29) is 22.3 Å². The van der Waals surface area contributed by atoms with E-state index in [1.165, 1.54) is 12.1 Å². The van der Waals surface area contributed by atoms with Crippen LogP contribution in [-0.4, -0.2) is 20.0 Å². The number of hydrogen-bond acceptors (Lipinski definition) is 3. The van der Waals surface area contributed by atoms with Gasteiger partial charge in [-0.3, -0.25) is 4.79 Å². The Morgan fingerprint density at radius 2 is 1.80 bits per heavy atom. The van der Waals surface area contributed by atoms with Gasteiger partial charge in [-0.15, -0.1) is 0 Å². The number of Topliss-reactive ketones (excluding diaryl/α,β-unsaturated/α-hetero) is 1. The van der Waals surface area contributed by atoms with E-state index in [9.17, 15) is 13.2 Å². The fourth-order valence-electron chi connectivity index (χ4n) is 1.42. The zero-order valence-corrected chi connectivity index (χ0v) is 9.03. The van der Waals surface area contributed by atoms with Crippen LogP contribution in [0.15, 0.2) is 35.2 Å². The molecule has 1 fully saturated rings. The SMILES string of the molecule is O=C(CS(=O)(=O)c1ccccc1)C1CC1. The Bertz CT molecular complexity index is 458. The first-order valence-electron chi connectivity index (χ1n) is 4.90. The summed E-state index contributed by atoms with van der Waals surface area (Å²) in [4.78, 5) is 11.7.